The highest BCUT2D eigenvalue weighted by atomic mass is 32.2. The van der Waals surface area contributed by atoms with Crippen LogP contribution in [0.25, 0.3) is 10.8 Å². The van der Waals surface area contributed by atoms with Gasteiger partial charge in [0.2, 0.25) is 0 Å². The molecule has 25 heavy (non-hydrogen) atoms. The number of hydrogen-bond acceptors (Lipinski definition) is 2. The predicted octanol–water partition coefficient (Wildman–Crippen LogP) is 6.33. The van der Waals surface area contributed by atoms with Gasteiger partial charge in [0.25, 0.3) is 0 Å². The number of nitrogens with zero attached hydrogens (tertiary/aromatic N) is 1. The Bertz CT molecular complexity index is 908. The molecule has 4 rings (SSSR count). The van der Waals surface area contributed by atoms with Crippen LogP contribution in [0, 0.1) is 0 Å². The molecule has 5 heteroatoms. The van der Waals surface area contributed by atoms with Crippen molar-refractivity contribution in [2.24, 2.45) is 0 Å². The summed E-state index contributed by atoms with van der Waals surface area (Å²) in [4.78, 5) is 1.97. The first kappa shape index (κ1) is 16.3. The second-order valence-electron chi connectivity index (χ2n) is 6.16. The van der Waals surface area contributed by atoms with Crippen LogP contribution in [0.3, 0.4) is 0 Å². The van der Waals surface area contributed by atoms with E-state index in [1.807, 2.05) is 66.5 Å². The van der Waals surface area contributed by atoms with Crippen molar-refractivity contribution in [1.29, 1.82) is 0 Å². The molecule has 0 bridgehead atoms. The van der Waals surface area contributed by atoms with Crippen molar-refractivity contribution >= 4 is 28.2 Å². The van der Waals surface area contributed by atoms with Gasteiger partial charge in [-0.25, -0.2) is 0 Å². The quantitative estimate of drug-likeness (QED) is 0.500. The summed E-state index contributed by atoms with van der Waals surface area (Å²) in [5, 5.41) is -0.106. The zero-order chi connectivity index (χ0) is 17.6. The summed E-state index contributed by atoms with van der Waals surface area (Å²) >= 11 is 0.952. The molecular weight excluding hydrogens is 343 g/mol. The van der Waals surface area contributed by atoms with E-state index in [2.05, 4.69) is 0 Å². The first-order valence-corrected chi connectivity index (χ1v) is 8.92. The summed E-state index contributed by atoms with van der Waals surface area (Å²) in [6.07, 6.45) is -4.30. The van der Waals surface area contributed by atoms with Gasteiger partial charge in [-0.2, -0.15) is 13.2 Å². The molecule has 0 spiro atoms. The predicted molar refractivity (Wildman–Crippen MR) is 97.9 cm³/mol. The van der Waals surface area contributed by atoms with E-state index in [0.29, 0.717) is 11.3 Å². The van der Waals surface area contributed by atoms with Gasteiger partial charge in [0.15, 0.2) is 0 Å². The number of rotatable bonds is 1. The molecule has 0 saturated heterocycles. The summed E-state index contributed by atoms with van der Waals surface area (Å²) in [5.41, 5.74) is 1.89. The largest absolute Gasteiger partial charge is 0.404 e. The SMILES string of the molecule is CN1c2c(ccc3ccccc23)C(C(F)(F)F)SC1c1ccccc1. The molecule has 1 nitrogen and oxygen atoms in total. The van der Waals surface area contributed by atoms with Crippen LogP contribution in [-0.2, 0) is 0 Å². The Balaban J connectivity index is 1.95. The first-order valence-electron chi connectivity index (χ1n) is 7.98. The van der Waals surface area contributed by atoms with Crippen molar-refractivity contribution in [2.75, 3.05) is 11.9 Å². The van der Waals surface area contributed by atoms with Gasteiger partial charge in [0, 0.05) is 12.4 Å². The summed E-state index contributed by atoms with van der Waals surface area (Å²) in [6, 6.07) is 20.4. The number of benzene rings is 3. The van der Waals surface area contributed by atoms with Gasteiger partial charge in [-0.3, -0.25) is 0 Å². The minimum atomic E-state index is -4.30. The Morgan fingerprint density at radius 1 is 0.880 bits per heavy atom. The topological polar surface area (TPSA) is 3.24 Å². The number of fused-ring (bicyclic) bond motifs is 3. The van der Waals surface area contributed by atoms with E-state index in [1.54, 1.807) is 12.1 Å². The average Bonchev–Trinajstić information content (AvgIpc) is 2.61. The highest BCUT2D eigenvalue weighted by molar-refractivity contribution is 8.00. The maximum Gasteiger partial charge on any atom is 0.404 e. The van der Waals surface area contributed by atoms with E-state index in [0.717, 1.165) is 28.1 Å². The van der Waals surface area contributed by atoms with Crippen LogP contribution in [0.1, 0.15) is 21.8 Å². The van der Waals surface area contributed by atoms with Crippen LogP contribution in [0.4, 0.5) is 18.9 Å². The Morgan fingerprint density at radius 2 is 1.56 bits per heavy atom. The Morgan fingerprint density at radius 3 is 2.28 bits per heavy atom. The minimum Gasteiger partial charge on any atom is -0.358 e. The van der Waals surface area contributed by atoms with E-state index in [9.17, 15) is 13.2 Å². The maximum atomic E-state index is 13.8. The van der Waals surface area contributed by atoms with Gasteiger partial charge in [0.05, 0.1) is 5.69 Å². The number of halogens is 3. The monoisotopic (exact) mass is 359 g/mol. The molecule has 0 saturated carbocycles. The molecule has 2 unspecified atom stereocenters. The van der Waals surface area contributed by atoms with Gasteiger partial charge >= 0.3 is 6.18 Å². The van der Waals surface area contributed by atoms with Crippen molar-refractivity contribution in [3.8, 4) is 0 Å². The number of alkyl halides is 3. The molecule has 1 aliphatic rings. The summed E-state index contributed by atoms with van der Waals surface area (Å²) in [7, 11) is 1.88. The molecule has 128 valence electrons. The van der Waals surface area contributed by atoms with Gasteiger partial charge in [0.1, 0.15) is 10.6 Å². The molecule has 0 aromatic heterocycles. The van der Waals surface area contributed by atoms with Crippen LogP contribution in [0.5, 0.6) is 0 Å². The fourth-order valence-corrected chi connectivity index (χ4v) is 4.81. The number of thioether (sulfide) groups is 1. The van der Waals surface area contributed by atoms with Crippen LogP contribution in [-0.4, -0.2) is 13.2 Å². The maximum absolute atomic E-state index is 13.8. The van der Waals surface area contributed by atoms with Crippen molar-refractivity contribution in [3.63, 3.8) is 0 Å². The molecule has 1 aliphatic heterocycles. The lowest BCUT2D eigenvalue weighted by molar-refractivity contribution is -0.130. The van der Waals surface area contributed by atoms with E-state index in [4.69, 9.17) is 0 Å². The standard InChI is InChI=1S/C20H16F3NS/c1-24-17-15-10-6-5-7-13(15)11-12-16(17)18(20(21,22)23)25-19(24)14-8-3-2-4-9-14/h2-12,18-19H,1H3. The molecule has 3 aromatic carbocycles. The Kier molecular flexibility index (Phi) is 3.91. The normalized spacial score (nSPS) is 20.6. The van der Waals surface area contributed by atoms with E-state index >= 15 is 0 Å². The molecule has 0 radical (unpaired) electrons. The van der Waals surface area contributed by atoms with Gasteiger partial charge in [-0.05, 0) is 16.5 Å². The highest BCUT2D eigenvalue weighted by Gasteiger charge is 2.48. The fraction of sp³-hybridized carbons (Fsp3) is 0.200. The number of hydrogen-bond donors (Lipinski definition) is 0. The van der Waals surface area contributed by atoms with Crippen molar-refractivity contribution in [3.05, 3.63) is 77.9 Å². The zero-order valence-electron chi connectivity index (χ0n) is 13.5. The van der Waals surface area contributed by atoms with Crippen molar-refractivity contribution in [1.82, 2.24) is 0 Å². The number of anilines is 1. The van der Waals surface area contributed by atoms with Gasteiger partial charge in [-0.15, -0.1) is 11.8 Å². The molecule has 0 fully saturated rings. The van der Waals surface area contributed by atoms with Crippen LogP contribution >= 0.6 is 11.8 Å². The minimum absolute atomic E-state index is 0.339. The van der Waals surface area contributed by atoms with Crippen molar-refractivity contribution < 1.29 is 13.2 Å². The highest BCUT2D eigenvalue weighted by Crippen LogP contribution is 2.58. The van der Waals surface area contributed by atoms with Crippen LogP contribution < -0.4 is 4.90 Å². The molecule has 1 heterocycles. The summed E-state index contributed by atoms with van der Waals surface area (Å²) < 4.78 is 41.4. The van der Waals surface area contributed by atoms with E-state index in [1.165, 1.54) is 0 Å². The molecule has 0 aliphatic carbocycles. The first-order chi connectivity index (χ1) is 12.0. The third-order valence-corrected chi connectivity index (χ3v) is 6.21. The Hall–Kier alpha value is -2.14. The average molecular weight is 359 g/mol. The summed E-state index contributed by atoms with van der Waals surface area (Å²) in [5.74, 6) is 0. The second kappa shape index (κ2) is 5.99. The molecule has 0 N–H and O–H groups in total. The van der Waals surface area contributed by atoms with E-state index < -0.39 is 11.4 Å². The lowest BCUT2D eigenvalue weighted by atomic mass is 9.99. The lowest BCUT2D eigenvalue weighted by Gasteiger charge is -2.41. The lowest BCUT2D eigenvalue weighted by Crippen LogP contribution is -2.32. The zero-order valence-corrected chi connectivity index (χ0v) is 14.3. The third kappa shape index (κ3) is 2.76. The molecule has 3 aromatic rings. The van der Waals surface area contributed by atoms with Crippen LogP contribution in [0.2, 0.25) is 0 Å². The second-order valence-corrected chi connectivity index (χ2v) is 7.35. The van der Waals surface area contributed by atoms with E-state index in [-0.39, 0.29) is 5.37 Å². The van der Waals surface area contributed by atoms with Gasteiger partial charge in [-0.1, -0.05) is 66.7 Å². The van der Waals surface area contributed by atoms with Crippen LogP contribution in [0.15, 0.2) is 66.7 Å². The molecule has 0 amide bonds. The smallest absolute Gasteiger partial charge is 0.358 e. The molecular formula is C20H16F3NS. The Labute approximate surface area is 148 Å². The van der Waals surface area contributed by atoms with Crippen molar-refractivity contribution in [2.45, 2.75) is 16.8 Å². The fourth-order valence-electron chi connectivity index (χ4n) is 3.46. The molecule has 2 atom stereocenters. The summed E-state index contributed by atoms with van der Waals surface area (Å²) in [6.45, 7) is 0. The van der Waals surface area contributed by atoms with Gasteiger partial charge < -0.3 is 4.90 Å². The third-order valence-electron chi connectivity index (χ3n) is 4.57.